The maximum Gasteiger partial charge on any atom is 0.169 e. The summed E-state index contributed by atoms with van der Waals surface area (Å²) in [5, 5.41) is 0. The summed E-state index contributed by atoms with van der Waals surface area (Å²) in [6.07, 6.45) is 2.14. The summed E-state index contributed by atoms with van der Waals surface area (Å²) in [7, 11) is 0. The maximum atomic E-state index is 5.93. The Balaban J connectivity index is 2.24. The smallest absolute Gasteiger partial charge is 0.169 e. The minimum atomic E-state index is -0.254. The van der Waals surface area contributed by atoms with Gasteiger partial charge in [-0.2, -0.15) is 0 Å². The molecule has 1 heterocycles. The van der Waals surface area contributed by atoms with Gasteiger partial charge in [0.2, 0.25) is 0 Å². The molecule has 2 atom stereocenters. The molecule has 1 aliphatic heterocycles. The lowest BCUT2D eigenvalue weighted by Gasteiger charge is -2.39. The monoisotopic (exact) mass is 240 g/mol. The molecule has 1 aliphatic carbocycles. The van der Waals surface area contributed by atoms with E-state index < -0.39 is 0 Å². The lowest BCUT2D eigenvalue weighted by atomic mass is 9.66. The van der Waals surface area contributed by atoms with Crippen molar-refractivity contribution in [3.8, 4) is 0 Å². The molecule has 17 heavy (non-hydrogen) atoms. The molecule has 2 nitrogen and oxygen atoms in total. The zero-order valence-corrected chi connectivity index (χ0v) is 12.3. The Hall–Kier alpha value is -0.0800. The molecule has 2 heteroatoms. The van der Waals surface area contributed by atoms with Crippen LogP contribution in [-0.2, 0) is 9.47 Å². The molecule has 1 saturated carbocycles. The van der Waals surface area contributed by atoms with Gasteiger partial charge in [0.05, 0.1) is 13.2 Å². The fourth-order valence-electron chi connectivity index (χ4n) is 3.59. The highest BCUT2D eigenvalue weighted by atomic mass is 16.7. The predicted octanol–water partition coefficient (Wildman–Crippen LogP) is 3.85. The van der Waals surface area contributed by atoms with Crippen LogP contribution in [0.25, 0.3) is 0 Å². The molecular formula is C15H28O2. The highest BCUT2D eigenvalue weighted by Crippen LogP contribution is 2.56. The van der Waals surface area contributed by atoms with Gasteiger partial charge < -0.3 is 9.47 Å². The lowest BCUT2D eigenvalue weighted by molar-refractivity contribution is -0.157. The van der Waals surface area contributed by atoms with E-state index in [1.807, 2.05) is 0 Å². The topological polar surface area (TPSA) is 18.5 Å². The largest absolute Gasteiger partial charge is 0.348 e. The average Bonchev–Trinajstić information content (AvgIpc) is 2.72. The van der Waals surface area contributed by atoms with E-state index in [1.165, 1.54) is 0 Å². The molecular weight excluding hydrogens is 212 g/mol. The molecule has 2 rings (SSSR count). The Morgan fingerprint density at radius 3 is 1.41 bits per heavy atom. The molecule has 2 aliphatic rings. The Morgan fingerprint density at radius 1 is 0.765 bits per heavy atom. The van der Waals surface area contributed by atoms with E-state index in [0.717, 1.165) is 26.1 Å². The second-order valence-corrected chi connectivity index (χ2v) is 7.96. The van der Waals surface area contributed by atoms with Gasteiger partial charge in [0.25, 0.3) is 0 Å². The fraction of sp³-hybridized carbons (Fsp3) is 1.00. The highest BCUT2D eigenvalue weighted by molar-refractivity contribution is 4.99. The van der Waals surface area contributed by atoms with Gasteiger partial charge >= 0.3 is 0 Å². The molecule has 2 fully saturated rings. The molecule has 1 saturated heterocycles. The Bertz CT molecular complexity index is 252. The average molecular weight is 240 g/mol. The molecule has 0 N–H and O–H groups in total. The van der Waals surface area contributed by atoms with Crippen molar-refractivity contribution < 1.29 is 9.47 Å². The summed E-state index contributed by atoms with van der Waals surface area (Å²) in [5.74, 6) is 1.11. The number of ether oxygens (including phenoxy) is 2. The van der Waals surface area contributed by atoms with Crippen LogP contribution in [0, 0.1) is 22.7 Å². The first kappa shape index (κ1) is 13.4. The van der Waals surface area contributed by atoms with Crippen LogP contribution >= 0.6 is 0 Å². The molecule has 0 aromatic heterocycles. The quantitative estimate of drug-likeness (QED) is 0.640. The summed E-state index contributed by atoms with van der Waals surface area (Å²) >= 11 is 0. The van der Waals surface area contributed by atoms with Gasteiger partial charge in [-0.1, -0.05) is 41.5 Å². The molecule has 0 bridgehead atoms. The van der Waals surface area contributed by atoms with Gasteiger partial charge in [0.15, 0.2) is 5.79 Å². The van der Waals surface area contributed by atoms with E-state index in [0.29, 0.717) is 22.7 Å². The van der Waals surface area contributed by atoms with Gasteiger partial charge in [0.1, 0.15) is 0 Å². The van der Waals surface area contributed by atoms with E-state index >= 15 is 0 Å². The molecule has 0 aromatic rings. The van der Waals surface area contributed by atoms with Gasteiger partial charge in [-0.3, -0.25) is 0 Å². The first-order chi connectivity index (χ1) is 7.64. The van der Waals surface area contributed by atoms with Gasteiger partial charge in [-0.25, -0.2) is 0 Å². The fourth-order valence-corrected chi connectivity index (χ4v) is 3.59. The SMILES string of the molecule is CC(C)(C)[C@H]1CC2(C[C@@H]1C(C)(C)C)OCCO2. The van der Waals surface area contributed by atoms with Crippen LogP contribution in [0.4, 0.5) is 0 Å². The molecule has 0 amide bonds. The zero-order valence-electron chi connectivity index (χ0n) is 12.3. The maximum absolute atomic E-state index is 5.93. The lowest BCUT2D eigenvalue weighted by Crippen LogP contribution is -2.32. The van der Waals surface area contributed by atoms with Crippen LogP contribution in [0.1, 0.15) is 54.4 Å². The van der Waals surface area contributed by atoms with Gasteiger partial charge in [0, 0.05) is 12.8 Å². The van der Waals surface area contributed by atoms with Crippen molar-refractivity contribution in [1.82, 2.24) is 0 Å². The molecule has 100 valence electrons. The minimum Gasteiger partial charge on any atom is -0.348 e. The van der Waals surface area contributed by atoms with Crippen molar-refractivity contribution in [1.29, 1.82) is 0 Å². The van der Waals surface area contributed by atoms with Crippen molar-refractivity contribution in [2.24, 2.45) is 22.7 Å². The van der Waals surface area contributed by atoms with Crippen LogP contribution in [0.3, 0.4) is 0 Å². The number of rotatable bonds is 0. The molecule has 0 radical (unpaired) electrons. The van der Waals surface area contributed by atoms with E-state index in [1.54, 1.807) is 0 Å². The highest BCUT2D eigenvalue weighted by Gasteiger charge is 2.55. The summed E-state index contributed by atoms with van der Waals surface area (Å²) in [6, 6.07) is 0. The van der Waals surface area contributed by atoms with Crippen molar-refractivity contribution >= 4 is 0 Å². The van der Waals surface area contributed by atoms with Crippen LogP contribution in [-0.4, -0.2) is 19.0 Å². The summed E-state index contributed by atoms with van der Waals surface area (Å²) < 4.78 is 11.9. The Morgan fingerprint density at radius 2 is 1.12 bits per heavy atom. The first-order valence-corrected chi connectivity index (χ1v) is 6.92. The second kappa shape index (κ2) is 3.96. The van der Waals surface area contributed by atoms with E-state index in [9.17, 15) is 0 Å². The van der Waals surface area contributed by atoms with Crippen LogP contribution in [0.2, 0.25) is 0 Å². The number of hydrogen-bond acceptors (Lipinski definition) is 2. The van der Waals surface area contributed by atoms with E-state index in [-0.39, 0.29) is 5.79 Å². The van der Waals surface area contributed by atoms with E-state index in [4.69, 9.17) is 9.47 Å². The minimum absolute atomic E-state index is 0.254. The third-order valence-electron chi connectivity index (χ3n) is 4.59. The molecule has 0 aromatic carbocycles. The number of hydrogen-bond donors (Lipinski definition) is 0. The van der Waals surface area contributed by atoms with Crippen LogP contribution < -0.4 is 0 Å². The summed E-state index contributed by atoms with van der Waals surface area (Å²) in [5.41, 5.74) is 0.660. The first-order valence-electron chi connectivity index (χ1n) is 6.92. The zero-order chi connectivity index (χ0) is 12.9. The third-order valence-corrected chi connectivity index (χ3v) is 4.59. The summed E-state index contributed by atoms with van der Waals surface area (Å²) in [6.45, 7) is 15.7. The second-order valence-electron chi connectivity index (χ2n) is 7.96. The Labute approximate surface area is 106 Å². The standard InChI is InChI=1S/C15H28O2/c1-13(2,3)11-9-15(16-7-8-17-15)10-12(11)14(4,5)6/h11-12H,7-10H2,1-6H3/t11-,12-/m0/s1. The molecule has 0 unspecified atom stereocenters. The van der Waals surface area contributed by atoms with Gasteiger partial charge in [-0.15, -0.1) is 0 Å². The normalized spacial score (nSPS) is 33.5. The predicted molar refractivity (Wildman–Crippen MR) is 69.8 cm³/mol. The van der Waals surface area contributed by atoms with Crippen LogP contribution in [0.15, 0.2) is 0 Å². The summed E-state index contributed by atoms with van der Waals surface area (Å²) in [4.78, 5) is 0. The molecule has 1 spiro atoms. The third kappa shape index (κ3) is 2.53. The van der Waals surface area contributed by atoms with Crippen molar-refractivity contribution in [2.75, 3.05) is 13.2 Å². The van der Waals surface area contributed by atoms with Crippen LogP contribution in [0.5, 0.6) is 0 Å². The van der Waals surface area contributed by atoms with Gasteiger partial charge in [-0.05, 0) is 22.7 Å². The van der Waals surface area contributed by atoms with E-state index in [2.05, 4.69) is 41.5 Å². The van der Waals surface area contributed by atoms with Crippen molar-refractivity contribution in [2.45, 2.75) is 60.2 Å². The Kier molecular flexibility index (Phi) is 3.11. The van der Waals surface area contributed by atoms with Crippen molar-refractivity contribution in [3.63, 3.8) is 0 Å². The van der Waals surface area contributed by atoms with Crippen molar-refractivity contribution in [3.05, 3.63) is 0 Å².